The Balaban J connectivity index is 1.59. The molecule has 0 aromatic heterocycles. The van der Waals surface area contributed by atoms with Crippen molar-refractivity contribution in [1.29, 1.82) is 0 Å². The summed E-state index contributed by atoms with van der Waals surface area (Å²) in [5.74, 6) is 0.0173. The molecule has 124 valence electrons. The van der Waals surface area contributed by atoms with E-state index in [1.807, 2.05) is 37.3 Å². The van der Waals surface area contributed by atoms with Crippen molar-refractivity contribution < 1.29 is 14.7 Å². The zero-order chi connectivity index (χ0) is 16.4. The number of rotatable bonds is 3. The van der Waals surface area contributed by atoms with Crippen molar-refractivity contribution >= 4 is 11.8 Å². The van der Waals surface area contributed by atoms with E-state index in [0.29, 0.717) is 26.2 Å². The van der Waals surface area contributed by atoms with Gasteiger partial charge in [0, 0.05) is 32.6 Å². The summed E-state index contributed by atoms with van der Waals surface area (Å²) in [5.41, 5.74) is 1.08. The molecule has 1 aromatic rings. The summed E-state index contributed by atoms with van der Waals surface area (Å²) in [4.78, 5) is 28.3. The van der Waals surface area contributed by atoms with Gasteiger partial charge < -0.3 is 14.9 Å². The Hall–Kier alpha value is -1.88. The molecule has 2 saturated heterocycles. The van der Waals surface area contributed by atoms with Gasteiger partial charge in [-0.15, -0.1) is 0 Å². The van der Waals surface area contributed by atoms with Crippen molar-refractivity contribution in [2.24, 2.45) is 11.8 Å². The maximum absolute atomic E-state index is 12.6. The summed E-state index contributed by atoms with van der Waals surface area (Å²) in [5, 5.41) is 9.97. The molecule has 2 amide bonds. The monoisotopic (exact) mass is 316 g/mol. The van der Waals surface area contributed by atoms with Crippen LogP contribution in [-0.2, 0) is 16.1 Å². The zero-order valence-corrected chi connectivity index (χ0v) is 13.5. The molecule has 1 N–H and O–H groups in total. The fourth-order valence-corrected chi connectivity index (χ4v) is 3.40. The van der Waals surface area contributed by atoms with Gasteiger partial charge in [-0.25, -0.2) is 0 Å². The quantitative estimate of drug-likeness (QED) is 0.913. The van der Waals surface area contributed by atoms with Gasteiger partial charge in [-0.3, -0.25) is 9.59 Å². The first-order valence-corrected chi connectivity index (χ1v) is 8.33. The van der Waals surface area contributed by atoms with Crippen molar-refractivity contribution in [2.75, 3.05) is 19.6 Å². The van der Waals surface area contributed by atoms with Gasteiger partial charge in [-0.05, 0) is 17.9 Å². The molecule has 23 heavy (non-hydrogen) atoms. The molecule has 2 aliphatic rings. The van der Waals surface area contributed by atoms with Crippen LogP contribution in [0.4, 0.5) is 0 Å². The van der Waals surface area contributed by atoms with E-state index >= 15 is 0 Å². The van der Waals surface area contributed by atoms with Crippen molar-refractivity contribution in [3.8, 4) is 0 Å². The summed E-state index contributed by atoms with van der Waals surface area (Å²) in [7, 11) is 0. The first kappa shape index (κ1) is 16.0. The normalized spacial score (nSPS) is 28.3. The SMILES string of the molecule is CC1CCN(C(=O)C2CC(=O)N(Cc3ccccc3)C2)CC1O. The molecule has 0 bridgehead atoms. The molecular formula is C18H24N2O3. The lowest BCUT2D eigenvalue weighted by atomic mass is 9.94. The van der Waals surface area contributed by atoms with E-state index in [4.69, 9.17) is 0 Å². The minimum absolute atomic E-state index is 0.0138. The van der Waals surface area contributed by atoms with Gasteiger partial charge in [0.25, 0.3) is 0 Å². The van der Waals surface area contributed by atoms with Gasteiger partial charge >= 0.3 is 0 Å². The maximum atomic E-state index is 12.6. The predicted octanol–water partition coefficient (Wildman–Crippen LogP) is 1.26. The lowest BCUT2D eigenvalue weighted by Gasteiger charge is -2.35. The fraction of sp³-hybridized carbons (Fsp3) is 0.556. The lowest BCUT2D eigenvalue weighted by molar-refractivity contribution is -0.139. The molecule has 0 aliphatic carbocycles. The van der Waals surface area contributed by atoms with E-state index in [9.17, 15) is 14.7 Å². The van der Waals surface area contributed by atoms with Crippen molar-refractivity contribution in [3.63, 3.8) is 0 Å². The molecule has 2 heterocycles. The Kier molecular flexibility index (Phi) is 4.66. The average molecular weight is 316 g/mol. The van der Waals surface area contributed by atoms with Gasteiger partial charge in [-0.1, -0.05) is 37.3 Å². The largest absolute Gasteiger partial charge is 0.391 e. The minimum Gasteiger partial charge on any atom is -0.391 e. The topological polar surface area (TPSA) is 60.9 Å². The van der Waals surface area contributed by atoms with E-state index in [1.54, 1.807) is 9.80 Å². The second-order valence-corrected chi connectivity index (χ2v) is 6.78. The van der Waals surface area contributed by atoms with Crippen LogP contribution in [0.15, 0.2) is 30.3 Å². The van der Waals surface area contributed by atoms with E-state index in [0.717, 1.165) is 12.0 Å². The number of benzene rings is 1. The van der Waals surface area contributed by atoms with Gasteiger partial charge in [0.1, 0.15) is 0 Å². The van der Waals surface area contributed by atoms with Crippen LogP contribution < -0.4 is 0 Å². The third-order valence-corrected chi connectivity index (χ3v) is 5.01. The minimum atomic E-state index is -0.453. The number of amides is 2. The summed E-state index contributed by atoms with van der Waals surface area (Å²) in [6.45, 7) is 4.12. The van der Waals surface area contributed by atoms with Crippen molar-refractivity contribution in [1.82, 2.24) is 9.80 Å². The first-order chi connectivity index (χ1) is 11.0. The number of carbonyl (C=O) groups is 2. The molecule has 5 nitrogen and oxygen atoms in total. The van der Waals surface area contributed by atoms with Crippen LogP contribution in [0.2, 0.25) is 0 Å². The summed E-state index contributed by atoms with van der Waals surface area (Å²) in [6.07, 6.45) is 0.653. The number of hydrogen-bond acceptors (Lipinski definition) is 3. The Morgan fingerprint density at radius 2 is 2.00 bits per heavy atom. The maximum Gasteiger partial charge on any atom is 0.228 e. The van der Waals surface area contributed by atoms with E-state index in [-0.39, 0.29) is 30.1 Å². The number of piperidine rings is 1. The molecule has 0 radical (unpaired) electrons. The molecule has 3 atom stereocenters. The summed E-state index contributed by atoms with van der Waals surface area (Å²) < 4.78 is 0. The van der Waals surface area contributed by atoms with Crippen LogP contribution in [0.3, 0.4) is 0 Å². The number of carbonyl (C=O) groups excluding carboxylic acids is 2. The average Bonchev–Trinajstić information content (AvgIpc) is 2.91. The van der Waals surface area contributed by atoms with E-state index < -0.39 is 6.10 Å². The van der Waals surface area contributed by atoms with Crippen LogP contribution in [0.25, 0.3) is 0 Å². The van der Waals surface area contributed by atoms with Gasteiger partial charge in [0.2, 0.25) is 11.8 Å². The second kappa shape index (κ2) is 6.71. The molecule has 3 unspecified atom stereocenters. The standard InChI is InChI=1S/C18H24N2O3/c1-13-7-8-19(12-16(13)21)18(23)15-9-17(22)20(11-15)10-14-5-3-2-4-6-14/h2-6,13,15-16,21H,7-12H2,1H3. The zero-order valence-electron chi connectivity index (χ0n) is 13.5. The van der Waals surface area contributed by atoms with Crippen LogP contribution in [-0.4, -0.2) is 52.5 Å². The Morgan fingerprint density at radius 3 is 2.70 bits per heavy atom. The van der Waals surface area contributed by atoms with Gasteiger partial charge in [0.15, 0.2) is 0 Å². The molecule has 5 heteroatoms. The number of β-amino-alcohol motifs (C(OH)–C–C–N with tert-alkyl or cyclic N) is 1. The fourth-order valence-electron chi connectivity index (χ4n) is 3.40. The van der Waals surface area contributed by atoms with Crippen LogP contribution in [0.1, 0.15) is 25.3 Å². The molecule has 2 aliphatic heterocycles. The predicted molar refractivity (Wildman–Crippen MR) is 86.3 cm³/mol. The number of hydrogen-bond donors (Lipinski definition) is 1. The summed E-state index contributed by atoms with van der Waals surface area (Å²) >= 11 is 0. The van der Waals surface area contributed by atoms with Crippen molar-refractivity contribution in [3.05, 3.63) is 35.9 Å². The van der Waals surface area contributed by atoms with Gasteiger partial charge in [0.05, 0.1) is 12.0 Å². The molecule has 3 rings (SSSR count). The third-order valence-electron chi connectivity index (χ3n) is 5.01. The highest BCUT2D eigenvalue weighted by molar-refractivity contribution is 5.89. The number of nitrogens with zero attached hydrogens (tertiary/aromatic N) is 2. The smallest absolute Gasteiger partial charge is 0.228 e. The highest BCUT2D eigenvalue weighted by Crippen LogP contribution is 2.25. The number of aliphatic hydroxyl groups excluding tert-OH is 1. The Morgan fingerprint density at radius 1 is 1.26 bits per heavy atom. The molecule has 0 saturated carbocycles. The van der Waals surface area contributed by atoms with Gasteiger partial charge in [-0.2, -0.15) is 0 Å². The molecule has 2 fully saturated rings. The van der Waals surface area contributed by atoms with Crippen molar-refractivity contribution in [2.45, 2.75) is 32.4 Å². The summed E-state index contributed by atoms with van der Waals surface area (Å²) in [6, 6.07) is 9.84. The third kappa shape index (κ3) is 3.55. The number of likely N-dealkylation sites (tertiary alicyclic amines) is 2. The first-order valence-electron chi connectivity index (χ1n) is 8.33. The van der Waals surface area contributed by atoms with E-state index in [2.05, 4.69) is 0 Å². The van der Waals surface area contributed by atoms with Crippen LogP contribution in [0.5, 0.6) is 0 Å². The highest BCUT2D eigenvalue weighted by Gasteiger charge is 2.38. The molecular weight excluding hydrogens is 292 g/mol. The Bertz CT molecular complexity index is 575. The van der Waals surface area contributed by atoms with Crippen LogP contribution >= 0.6 is 0 Å². The highest BCUT2D eigenvalue weighted by atomic mass is 16.3. The number of aliphatic hydroxyl groups is 1. The van der Waals surface area contributed by atoms with E-state index in [1.165, 1.54) is 0 Å². The second-order valence-electron chi connectivity index (χ2n) is 6.78. The Labute approximate surface area is 136 Å². The molecule has 0 spiro atoms. The lowest BCUT2D eigenvalue weighted by Crippen LogP contribution is -2.48. The van der Waals surface area contributed by atoms with Crippen LogP contribution in [0, 0.1) is 11.8 Å². The molecule has 1 aromatic carbocycles.